The first-order valence-corrected chi connectivity index (χ1v) is 8.07. The highest BCUT2D eigenvalue weighted by Crippen LogP contribution is 2.19. The van der Waals surface area contributed by atoms with Crippen molar-refractivity contribution < 1.29 is 8.95 Å². The summed E-state index contributed by atoms with van der Waals surface area (Å²) in [5.41, 5.74) is 0. The van der Waals surface area contributed by atoms with Crippen molar-refractivity contribution in [1.82, 2.24) is 5.32 Å². The third kappa shape index (κ3) is 5.33. The zero-order valence-corrected chi connectivity index (χ0v) is 13.1. The topological polar surface area (TPSA) is 38.3 Å². The molecule has 0 amide bonds. The second-order valence-corrected chi connectivity index (χ2v) is 6.75. The summed E-state index contributed by atoms with van der Waals surface area (Å²) < 4.78 is 17.6. The summed E-state index contributed by atoms with van der Waals surface area (Å²) in [4.78, 5) is 0.842. The molecular formula is C15H25NO2S. The van der Waals surface area contributed by atoms with Crippen LogP contribution in [-0.2, 0) is 10.8 Å². The lowest BCUT2D eigenvalue weighted by Crippen LogP contribution is -2.31. The molecule has 0 bridgehead atoms. The van der Waals surface area contributed by atoms with Crippen LogP contribution in [0.15, 0.2) is 29.2 Å². The van der Waals surface area contributed by atoms with Crippen LogP contribution in [0.25, 0.3) is 0 Å². The second kappa shape index (κ2) is 8.33. The smallest absolute Gasteiger partial charge is 0.120 e. The van der Waals surface area contributed by atoms with Gasteiger partial charge < -0.3 is 10.1 Å². The average Bonchev–Trinajstić information content (AvgIpc) is 2.44. The van der Waals surface area contributed by atoms with Crippen LogP contribution < -0.4 is 10.1 Å². The van der Waals surface area contributed by atoms with Crippen molar-refractivity contribution in [2.24, 2.45) is 0 Å². The maximum Gasteiger partial charge on any atom is 0.120 e. The molecule has 1 rings (SSSR count). The van der Waals surface area contributed by atoms with E-state index in [1.165, 1.54) is 0 Å². The van der Waals surface area contributed by atoms with Crippen molar-refractivity contribution in [3.05, 3.63) is 24.3 Å². The van der Waals surface area contributed by atoms with Crippen LogP contribution in [0.4, 0.5) is 0 Å². The molecule has 0 heterocycles. The van der Waals surface area contributed by atoms with Gasteiger partial charge in [-0.3, -0.25) is 4.21 Å². The lowest BCUT2D eigenvalue weighted by atomic mass is 10.2. The molecule has 3 atom stereocenters. The summed E-state index contributed by atoms with van der Waals surface area (Å²) in [6, 6.07) is 7.91. The van der Waals surface area contributed by atoms with E-state index < -0.39 is 10.8 Å². The van der Waals surface area contributed by atoms with E-state index in [0.29, 0.717) is 6.04 Å². The van der Waals surface area contributed by atoms with Gasteiger partial charge in [-0.1, -0.05) is 19.9 Å². The quantitative estimate of drug-likeness (QED) is 0.797. The molecule has 1 aromatic rings. The van der Waals surface area contributed by atoms with E-state index >= 15 is 0 Å². The molecule has 3 unspecified atom stereocenters. The minimum atomic E-state index is -0.986. The van der Waals surface area contributed by atoms with E-state index in [1.54, 1.807) is 7.11 Å². The third-order valence-electron chi connectivity index (χ3n) is 3.07. The molecule has 0 aliphatic rings. The van der Waals surface area contributed by atoms with Crippen LogP contribution in [0, 0.1) is 0 Å². The van der Waals surface area contributed by atoms with Crippen LogP contribution >= 0.6 is 0 Å². The molecule has 0 fully saturated rings. The first-order chi connectivity index (χ1) is 9.08. The molecular weight excluding hydrogens is 258 g/mol. The van der Waals surface area contributed by atoms with Crippen LogP contribution in [-0.4, -0.2) is 29.2 Å². The fraction of sp³-hybridized carbons (Fsp3) is 0.600. The molecule has 0 aliphatic carbocycles. The number of nitrogens with one attached hydrogen (secondary N) is 1. The predicted molar refractivity (Wildman–Crippen MR) is 81.2 cm³/mol. The number of rotatable bonds is 8. The van der Waals surface area contributed by atoms with Crippen molar-refractivity contribution in [2.75, 3.05) is 13.7 Å². The fourth-order valence-electron chi connectivity index (χ4n) is 2.02. The Morgan fingerprint density at radius 3 is 2.74 bits per heavy atom. The molecule has 1 N–H and O–H groups in total. The van der Waals surface area contributed by atoms with Gasteiger partial charge in [-0.15, -0.1) is 0 Å². The molecule has 0 aliphatic heterocycles. The molecule has 0 saturated heterocycles. The van der Waals surface area contributed by atoms with Gasteiger partial charge in [-0.2, -0.15) is 0 Å². The largest absolute Gasteiger partial charge is 0.497 e. The number of methoxy groups -OCH3 is 1. The summed E-state index contributed by atoms with van der Waals surface area (Å²) in [5.74, 6) is 0.759. The van der Waals surface area contributed by atoms with E-state index in [0.717, 1.165) is 30.0 Å². The van der Waals surface area contributed by atoms with Crippen molar-refractivity contribution in [2.45, 2.75) is 49.8 Å². The Balaban J connectivity index is 2.60. The molecule has 0 radical (unpaired) electrons. The minimum absolute atomic E-state index is 0.131. The van der Waals surface area contributed by atoms with Crippen molar-refractivity contribution in [3.8, 4) is 5.75 Å². The Hall–Kier alpha value is -0.870. The summed E-state index contributed by atoms with van der Waals surface area (Å²) >= 11 is 0. The zero-order chi connectivity index (χ0) is 14.3. The molecule has 3 nitrogen and oxygen atoms in total. The molecule has 108 valence electrons. The molecule has 0 spiro atoms. The Morgan fingerprint density at radius 1 is 1.37 bits per heavy atom. The molecule has 1 aromatic carbocycles. The number of hydrogen-bond acceptors (Lipinski definition) is 3. The first-order valence-electron chi connectivity index (χ1n) is 6.86. The maximum atomic E-state index is 12.4. The minimum Gasteiger partial charge on any atom is -0.497 e. The lowest BCUT2D eigenvalue weighted by Gasteiger charge is -2.18. The van der Waals surface area contributed by atoms with Gasteiger partial charge in [0.05, 0.1) is 17.9 Å². The van der Waals surface area contributed by atoms with Gasteiger partial charge in [0.2, 0.25) is 0 Å². The van der Waals surface area contributed by atoms with Crippen molar-refractivity contribution in [3.63, 3.8) is 0 Å². The van der Waals surface area contributed by atoms with Crippen LogP contribution in [0.5, 0.6) is 5.75 Å². The van der Waals surface area contributed by atoms with E-state index in [-0.39, 0.29) is 5.25 Å². The molecule has 4 heteroatoms. The van der Waals surface area contributed by atoms with E-state index in [1.807, 2.05) is 31.2 Å². The van der Waals surface area contributed by atoms with Crippen molar-refractivity contribution in [1.29, 1.82) is 0 Å². The standard InChI is InChI=1S/C15H25NO2S/c1-5-9-16-12(2)10-13(3)19(17)15-8-6-7-14(11-15)18-4/h6-8,11-13,16H,5,9-10H2,1-4H3. The van der Waals surface area contributed by atoms with Gasteiger partial charge in [0, 0.05) is 16.2 Å². The van der Waals surface area contributed by atoms with Gasteiger partial charge >= 0.3 is 0 Å². The van der Waals surface area contributed by atoms with Gasteiger partial charge in [-0.25, -0.2) is 0 Å². The second-order valence-electron chi connectivity index (χ2n) is 4.88. The summed E-state index contributed by atoms with van der Waals surface area (Å²) in [6.07, 6.45) is 2.03. The first kappa shape index (κ1) is 16.2. The normalized spacial score (nSPS) is 15.8. The predicted octanol–water partition coefficient (Wildman–Crippen LogP) is 2.97. The number of ether oxygens (including phenoxy) is 1. The Bertz CT molecular complexity index is 409. The van der Waals surface area contributed by atoms with Gasteiger partial charge in [0.1, 0.15) is 5.75 Å². The number of hydrogen-bond donors (Lipinski definition) is 1. The molecule has 19 heavy (non-hydrogen) atoms. The molecule has 0 aromatic heterocycles. The monoisotopic (exact) mass is 283 g/mol. The summed E-state index contributed by atoms with van der Waals surface area (Å²) in [5, 5.41) is 3.56. The lowest BCUT2D eigenvalue weighted by molar-refractivity contribution is 0.413. The SMILES string of the molecule is CCCNC(C)CC(C)S(=O)c1cccc(OC)c1. The Morgan fingerprint density at radius 2 is 2.11 bits per heavy atom. The highest BCUT2D eigenvalue weighted by molar-refractivity contribution is 7.85. The Kier molecular flexibility index (Phi) is 7.10. The van der Waals surface area contributed by atoms with E-state index in [9.17, 15) is 4.21 Å². The summed E-state index contributed by atoms with van der Waals surface area (Å²) in [6.45, 7) is 7.35. The van der Waals surface area contributed by atoms with Crippen LogP contribution in [0.3, 0.4) is 0 Å². The summed E-state index contributed by atoms with van der Waals surface area (Å²) in [7, 11) is 0.641. The fourth-order valence-corrected chi connectivity index (χ4v) is 3.39. The zero-order valence-electron chi connectivity index (χ0n) is 12.3. The maximum absolute atomic E-state index is 12.4. The highest BCUT2D eigenvalue weighted by atomic mass is 32.2. The van der Waals surface area contributed by atoms with Gasteiger partial charge in [0.15, 0.2) is 0 Å². The third-order valence-corrected chi connectivity index (χ3v) is 4.71. The number of benzene rings is 1. The van der Waals surface area contributed by atoms with E-state index in [4.69, 9.17) is 4.74 Å². The average molecular weight is 283 g/mol. The Labute approximate surface area is 119 Å². The highest BCUT2D eigenvalue weighted by Gasteiger charge is 2.16. The van der Waals surface area contributed by atoms with Crippen molar-refractivity contribution >= 4 is 10.8 Å². The van der Waals surface area contributed by atoms with Gasteiger partial charge in [-0.05, 0) is 44.5 Å². The van der Waals surface area contributed by atoms with Crippen LogP contribution in [0.2, 0.25) is 0 Å². The van der Waals surface area contributed by atoms with Crippen LogP contribution in [0.1, 0.15) is 33.6 Å². The van der Waals surface area contributed by atoms with Gasteiger partial charge in [0.25, 0.3) is 0 Å². The van der Waals surface area contributed by atoms with E-state index in [2.05, 4.69) is 19.2 Å². The molecule has 0 saturated carbocycles.